The summed E-state index contributed by atoms with van der Waals surface area (Å²) in [5.41, 5.74) is 0.834. The lowest BCUT2D eigenvalue weighted by Gasteiger charge is -2.34. The molecule has 0 spiro atoms. The van der Waals surface area contributed by atoms with Crippen molar-refractivity contribution in [2.75, 3.05) is 18.0 Å². The molecule has 1 aromatic rings. The number of carbonyl (C=O) groups is 2. The quantitative estimate of drug-likeness (QED) is 0.761. The monoisotopic (exact) mass is 245 g/mol. The van der Waals surface area contributed by atoms with Crippen molar-refractivity contribution in [3.05, 3.63) is 29.8 Å². The van der Waals surface area contributed by atoms with Gasteiger partial charge in [-0.2, -0.15) is 5.26 Å². The van der Waals surface area contributed by atoms with Crippen molar-refractivity contribution in [3.63, 3.8) is 0 Å². The lowest BCUT2D eigenvalue weighted by molar-refractivity contribution is -0.139. The molecule has 1 aliphatic rings. The van der Waals surface area contributed by atoms with Crippen LogP contribution in [-0.4, -0.2) is 36.1 Å². The number of piperazine rings is 1. The summed E-state index contributed by atoms with van der Waals surface area (Å²) in [6.45, 7) is -0.0242. The lowest BCUT2D eigenvalue weighted by Crippen LogP contribution is -2.57. The van der Waals surface area contributed by atoms with Crippen molar-refractivity contribution in [1.82, 2.24) is 5.32 Å². The number of nitrogens with one attached hydrogen (secondary N) is 1. The van der Waals surface area contributed by atoms with Gasteiger partial charge in [-0.25, -0.2) is 4.79 Å². The molecular formula is C12H11N3O3. The second-order valence-electron chi connectivity index (χ2n) is 3.91. The van der Waals surface area contributed by atoms with Crippen molar-refractivity contribution in [1.29, 1.82) is 5.26 Å². The van der Waals surface area contributed by atoms with Gasteiger partial charge in [0, 0.05) is 6.54 Å². The number of aliphatic carboxylic acids is 1. The molecule has 1 aromatic carbocycles. The molecule has 0 aliphatic carbocycles. The summed E-state index contributed by atoms with van der Waals surface area (Å²) < 4.78 is 0. The van der Waals surface area contributed by atoms with Gasteiger partial charge in [0.25, 0.3) is 0 Å². The first-order valence-electron chi connectivity index (χ1n) is 5.38. The lowest BCUT2D eigenvalue weighted by atomic mass is 10.1. The highest BCUT2D eigenvalue weighted by atomic mass is 16.4. The number of rotatable bonds is 2. The first-order chi connectivity index (χ1) is 8.63. The van der Waals surface area contributed by atoms with Crippen LogP contribution in [-0.2, 0) is 9.59 Å². The highest BCUT2D eigenvalue weighted by Crippen LogP contribution is 2.23. The van der Waals surface area contributed by atoms with E-state index in [1.54, 1.807) is 24.3 Å². The summed E-state index contributed by atoms with van der Waals surface area (Å²) in [5.74, 6) is -1.28. The number of benzene rings is 1. The Bertz CT molecular complexity index is 536. The van der Waals surface area contributed by atoms with E-state index in [1.807, 2.05) is 6.07 Å². The van der Waals surface area contributed by atoms with Gasteiger partial charge in [0.2, 0.25) is 5.91 Å². The molecule has 1 fully saturated rings. The van der Waals surface area contributed by atoms with Gasteiger partial charge in [0.15, 0.2) is 0 Å². The van der Waals surface area contributed by atoms with Crippen molar-refractivity contribution >= 4 is 17.6 Å². The van der Waals surface area contributed by atoms with Crippen molar-refractivity contribution in [2.24, 2.45) is 0 Å². The molecule has 18 heavy (non-hydrogen) atoms. The molecule has 1 aliphatic heterocycles. The largest absolute Gasteiger partial charge is 0.480 e. The Morgan fingerprint density at radius 3 is 2.89 bits per heavy atom. The number of nitriles is 1. The van der Waals surface area contributed by atoms with Gasteiger partial charge < -0.3 is 15.3 Å². The number of para-hydroxylation sites is 1. The molecule has 0 saturated carbocycles. The molecule has 0 aromatic heterocycles. The second-order valence-corrected chi connectivity index (χ2v) is 3.91. The minimum Gasteiger partial charge on any atom is -0.480 e. The smallest absolute Gasteiger partial charge is 0.328 e. The maximum Gasteiger partial charge on any atom is 0.328 e. The second kappa shape index (κ2) is 4.75. The summed E-state index contributed by atoms with van der Waals surface area (Å²) in [6, 6.07) is 7.80. The van der Waals surface area contributed by atoms with Gasteiger partial charge in [0.05, 0.1) is 17.8 Å². The third-order valence-electron chi connectivity index (χ3n) is 2.80. The third kappa shape index (κ3) is 2.11. The van der Waals surface area contributed by atoms with Crippen LogP contribution in [0.15, 0.2) is 24.3 Å². The number of nitrogens with zero attached hydrogens (tertiary/aromatic N) is 2. The minimum atomic E-state index is -1.03. The SMILES string of the molecule is N#Cc1ccccc1N1CC(=O)NCC1C(=O)O. The first kappa shape index (κ1) is 11.9. The Morgan fingerprint density at radius 2 is 2.22 bits per heavy atom. The highest BCUT2D eigenvalue weighted by Gasteiger charge is 2.32. The van der Waals surface area contributed by atoms with Crippen LogP contribution in [0.5, 0.6) is 0 Å². The highest BCUT2D eigenvalue weighted by molar-refractivity contribution is 5.89. The van der Waals surface area contributed by atoms with Crippen LogP contribution in [0.4, 0.5) is 5.69 Å². The van der Waals surface area contributed by atoms with E-state index in [-0.39, 0.29) is 19.0 Å². The van der Waals surface area contributed by atoms with E-state index in [9.17, 15) is 9.59 Å². The fraction of sp³-hybridized carbons (Fsp3) is 0.250. The third-order valence-corrected chi connectivity index (χ3v) is 2.80. The standard InChI is InChI=1S/C12H11N3O3/c13-5-8-3-1-2-4-9(8)15-7-11(16)14-6-10(15)12(17)18/h1-4,10H,6-7H2,(H,14,16)(H,17,18). The zero-order chi connectivity index (χ0) is 13.1. The summed E-state index contributed by atoms with van der Waals surface area (Å²) in [5, 5.41) is 20.7. The fourth-order valence-electron chi connectivity index (χ4n) is 1.93. The van der Waals surface area contributed by atoms with E-state index < -0.39 is 12.0 Å². The van der Waals surface area contributed by atoms with Crippen LogP contribution in [0.1, 0.15) is 5.56 Å². The predicted octanol–water partition coefficient (Wildman–Crippen LogP) is -0.0523. The Morgan fingerprint density at radius 1 is 1.50 bits per heavy atom. The Labute approximate surface area is 103 Å². The predicted molar refractivity (Wildman–Crippen MR) is 62.9 cm³/mol. The fourth-order valence-corrected chi connectivity index (χ4v) is 1.93. The zero-order valence-corrected chi connectivity index (χ0v) is 9.46. The molecule has 0 radical (unpaired) electrons. The first-order valence-corrected chi connectivity index (χ1v) is 5.38. The van der Waals surface area contributed by atoms with E-state index >= 15 is 0 Å². The normalized spacial score (nSPS) is 18.9. The number of hydrogen-bond acceptors (Lipinski definition) is 4. The van der Waals surface area contributed by atoms with Crippen LogP contribution >= 0.6 is 0 Å². The van der Waals surface area contributed by atoms with E-state index in [4.69, 9.17) is 10.4 Å². The van der Waals surface area contributed by atoms with Gasteiger partial charge in [0.1, 0.15) is 12.1 Å². The summed E-state index contributed by atoms with van der Waals surface area (Å²) in [4.78, 5) is 24.0. The van der Waals surface area contributed by atoms with Gasteiger partial charge in [-0.3, -0.25) is 4.79 Å². The number of anilines is 1. The zero-order valence-electron chi connectivity index (χ0n) is 9.46. The van der Waals surface area contributed by atoms with E-state index in [0.29, 0.717) is 11.3 Å². The van der Waals surface area contributed by atoms with E-state index in [1.165, 1.54) is 4.90 Å². The molecule has 1 atom stereocenters. The van der Waals surface area contributed by atoms with Crippen LogP contribution in [0, 0.1) is 11.3 Å². The number of carboxylic acid groups (broad SMARTS) is 1. The topological polar surface area (TPSA) is 93.4 Å². The van der Waals surface area contributed by atoms with E-state index in [2.05, 4.69) is 5.32 Å². The maximum atomic E-state index is 11.4. The number of carbonyl (C=O) groups excluding carboxylic acids is 1. The molecule has 6 nitrogen and oxygen atoms in total. The van der Waals surface area contributed by atoms with Crippen LogP contribution in [0.2, 0.25) is 0 Å². The molecule has 1 heterocycles. The maximum absolute atomic E-state index is 11.4. The molecule has 2 rings (SSSR count). The summed E-state index contributed by atoms with van der Waals surface area (Å²) in [6.07, 6.45) is 0. The van der Waals surface area contributed by atoms with Gasteiger partial charge >= 0.3 is 5.97 Å². The molecule has 1 saturated heterocycles. The summed E-state index contributed by atoms with van der Waals surface area (Å²) >= 11 is 0. The molecular weight excluding hydrogens is 234 g/mol. The Balaban J connectivity index is 2.41. The van der Waals surface area contributed by atoms with Crippen LogP contribution in [0.3, 0.4) is 0 Å². The average Bonchev–Trinajstić information content (AvgIpc) is 2.38. The van der Waals surface area contributed by atoms with Gasteiger partial charge in [-0.1, -0.05) is 12.1 Å². The average molecular weight is 245 g/mol. The molecule has 1 amide bonds. The molecule has 6 heteroatoms. The summed E-state index contributed by atoms with van der Waals surface area (Å²) in [7, 11) is 0. The molecule has 1 unspecified atom stereocenters. The van der Waals surface area contributed by atoms with Crippen molar-refractivity contribution in [2.45, 2.75) is 6.04 Å². The number of amides is 1. The van der Waals surface area contributed by atoms with Gasteiger partial charge in [-0.05, 0) is 12.1 Å². The van der Waals surface area contributed by atoms with Crippen LogP contribution < -0.4 is 10.2 Å². The van der Waals surface area contributed by atoms with E-state index in [0.717, 1.165) is 0 Å². The number of hydrogen-bond donors (Lipinski definition) is 2. The number of carboxylic acids is 1. The minimum absolute atomic E-state index is 0.0356. The van der Waals surface area contributed by atoms with Crippen molar-refractivity contribution in [3.8, 4) is 6.07 Å². The van der Waals surface area contributed by atoms with Gasteiger partial charge in [-0.15, -0.1) is 0 Å². The Kier molecular flexibility index (Phi) is 3.15. The van der Waals surface area contributed by atoms with Crippen molar-refractivity contribution < 1.29 is 14.7 Å². The molecule has 92 valence electrons. The Hall–Kier alpha value is -2.55. The van der Waals surface area contributed by atoms with Crippen LogP contribution in [0.25, 0.3) is 0 Å². The molecule has 2 N–H and O–H groups in total. The molecule has 0 bridgehead atoms.